The Balaban J connectivity index is 0.000000171. The predicted octanol–water partition coefficient (Wildman–Crippen LogP) is 16.7. The molecule has 786 valence electrons. The van der Waals surface area contributed by atoms with Gasteiger partial charge >= 0.3 is 11.4 Å². The maximum atomic E-state index is 13.9. The second kappa shape index (κ2) is 52.4. The van der Waals surface area contributed by atoms with Gasteiger partial charge in [-0.2, -0.15) is 49.2 Å². The van der Waals surface area contributed by atoms with E-state index in [1.165, 1.54) is 63.3 Å². The number of likely N-dealkylation sites (N-methyl/N-ethyl adjacent to an activating group) is 3. The topological polar surface area (TPSA) is 552 Å². The average molecular weight is 2130 g/mol. The number of thioether (sulfide) groups is 2. The molecular formula is C98H109ClF2N30O16S3. The molecule has 10 aromatic heterocycles. The normalized spacial score (nSPS) is 10.8. The zero-order valence-corrected chi connectivity index (χ0v) is 88.7. The number of nitrogen functional groups attached to an aromatic ring is 1. The highest BCUT2D eigenvalue weighted by molar-refractivity contribution is 7.98. The minimum absolute atomic E-state index is 0.0376. The van der Waals surface area contributed by atoms with Crippen molar-refractivity contribution in [1.29, 1.82) is 0 Å². The monoisotopic (exact) mass is 2130 g/mol. The molecule has 52 heteroatoms. The summed E-state index contributed by atoms with van der Waals surface area (Å²) in [6.45, 7) is 12.8. The zero-order valence-electron chi connectivity index (χ0n) is 85.5. The number of sulfone groups is 1. The van der Waals surface area contributed by atoms with Crippen molar-refractivity contribution in [3.8, 4) is 69.3 Å². The first-order chi connectivity index (χ1) is 71.7. The fourth-order valence-electron chi connectivity index (χ4n) is 14.2. The van der Waals surface area contributed by atoms with Crippen molar-refractivity contribution >= 4 is 151 Å². The van der Waals surface area contributed by atoms with Crippen molar-refractivity contribution < 1.29 is 69.9 Å². The van der Waals surface area contributed by atoms with Crippen molar-refractivity contribution in [2.24, 2.45) is 5.73 Å². The first-order valence-corrected chi connectivity index (χ1v) is 49.6. The van der Waals surface area contributed by atoms with E-state index in [1.54, 1.807) is 98.5 Å². The Kier molecular flexibility index (Phi) is 39.5. The number of aromatic amines is 1. The quantitative estimate of drug-likeness (QED) is 0.00759. The van der Waals surface area contributed by atoms with Crippen LogP contribution in [0.15, 0.2) is 204 Å². The van der Waals surface area contributed by atoms with E-state index in [4.69, 9.17) is 56.2 Å². The van der Waals surface area contributed by atoms with E-state index in [9.17, 15) is 47.5 Å². The van der Waals surface area contributed by atoms with Crippen molar-refractivity contribution in [3.05, 3.63) is 264 Å². The molecule has 0 unspecified atom stereocenters. The van der Waals surface area contributed by atoms with Crippen LogP contribution in [0.5, 0.6) is 46.0 Å². The minimum Gasteiger partial charge on any atom is -0.497 e. The molecule has 0 saturated heterocycles. The Morgan fingerprint density at radius 1 is 0.433 bits per heavy atom. The fourth-order valence-corrected chi connectivity index (χ4v) is 15.6. The van der Waals surface area contributed by atoms with Gasteiger partial charge in [0.25, 0.3) is 5.69 Å². The van der Waals surface area contributed by atoms with Gasteiger partial charge in [0.05, 0.1) is 139 Å². The van der Waals surface area contributed by atoms with Crippen LogP contribution in [0.25, 0.3) is 77.8 Å². The van der Waals surface area contributed by atoms with Gasteiger partial charge in [-0.3, -0.25) is 35.4 Å². The number of hydrogen-bond donors (Lipinski definition) is 5. The Morgan fingerprint density at radius 3 is 1.17 bits per heavy atom. The lowest BCUT2D eigenvalue weighted by Gasteiger charge is -2.22. The molecule has 0 fully saturated rings. The van der Waals surface area contributed by atoms with Crippen molar-refractivity contribution in [2.75, 3.05) is 158 Å². The molecule has 8 aromatic carbocycles. The molecule has 0 bridgehead atoms. The predicted molar refractivity (Wildman–Crippen MR) is 572 cm³/mol. The van der Waals surface area contributed by atoms with Crippen LogP contribution in [0.3, 0.4) is 0 Å². The van der Waals surface area contributed by atoms with Crippen molar-refractivity contribution in [1.82, 2.24) is 109 Å². The highest BCUT2D eigenvalue weighted by Crippen LogP contribution is 2.41. The number of nitro groups is 3. The van der Waals surface area contributed by atoms with Crippen LogP contribution in [0.1, 0.15) is 28.5 Å². The lowest BCUT2D eigenvalue weighted by atomic mass is 10.2. The molecule has 0 radical (unpaired) electrons. The lowest BCUT2D eigenvalue weighted by Crippen LogP contribution is -2.28. The number of aromatic nitrogens is 20. The van der Waals surface area contributed by atoms with E-state index in [2.05, 4.69) is 101 Å². The van der Waals surface area contributed by atoms with Crippen LogP contribution in [-0.4, -0.2) is 269 Å². The highest BCUT2D eigenvalue weighted by atomic mass is 35.5. The summed E-state index contributed by atoms with van der Waals surface area (Å²) in [5.74, 6) is 4.82. The number of hydrogen-bond acceptors (Lipinski definition) is 40. The fraction of sp³-hybridized carbons (Fsp3) is 0.255. The van der Waals surface area contributed by atoms with Gasteiger partial charge in [0, 0.05) is 194 Å². The first-order valence-electron chi connectivity index (χ1n) is 44.8. The molecule has 0 aliphatic carbocycles. The van der Waals surface area contributed by atoms with E-state index in [0.717, 1.165) is 156 Å². The summed E-state index contributed by atoms with van der Waals surface area (Å²) in [7, 11) is 18.5. The number of nitrogens with zero attached hydrogens (tertiary/aromatic N) is 25. The molecule has 0 aliphatic heterocycles. The largest absolute Gasteiger partial charge is 0.497 e. The van der Waals surface area contributed by atoms with Crippen LogP contribution >= 0.6 is 35.1 Å². The molecule has 0 saturated carbocycles. The molecule has 0 atom stereocenters. The summed E-state index contributed by atoms with van der Waals surface area (Å²) >= 11 is 8.54. The summed E-state index contributed by atoms with van der Waals surface area (Å²) < 4.78 is 98.4. The molecular weight excluding hydrogens is 2020 g/mol. The van der Waals surface area contributed by atoms with E-state index < -0.39 is 47.6 Å². The Hall–Kier alpha value is -17.0. The molecule has 0 aliphatic rings. The Morgan fingerprint density at radius 2 is 0.793 bits per heavy atom. The highest BCUT2D eigenvalue weighted by Gasteiger charge is 2.27. The van der Waals surface area contributed by atoms with Gasteiger partial charge in [0.1, 0.15) is 56.8 Å². The number of nitro benzene ring substituents is 3. The Labute approximate surface area is 872 Å². The molecule has 0 spiro atoms. The molecule has 10 heterocycles. The molecule has 150 heavy (non-hydrogen) atoms. The van der Waals surface area contributed by atoms with E-state index in [0.29, 0.717) is 68.7 Å². The molecule has 0 amide bonds. The van der Waals surface area contributed by atoms with Gasteiger partial charge in [-0.15, -0.1) is 0 Å². The second-order valence-corrected chi connectivity index (χ2v) is 36.2. The smallest absolute Gasteiger partial charge is 0.307 e. The number of halogens is 3. The van der Waals surface area contributed by atoms with Gasteiger partial charge < -0.3 is 74.7 Å². The Bertz CT molecular complexity index is 7940. The molecule has 18 rings (SSSR count). The van der Waals surface area contributed by atoms with Crippen LogP contribution in [0.2, 0.25) is 5.15 Å². The van der Waals surface area contributed by atoms with Crippen LogP contribution in [0.4, 0.5) is 60.5 Å². The third-order valence-electron chi connectivity index (χ3n) is 21.7. The summed E-state index contributed by atoms with van der Waals surface area (Å²) in [6.07, 6.45) is 12.8. The molecule has 7 N–H and O–H groups in total. The van der Waals surface area contributed by atoms with Gasteiger partial charge in [-0.05, 0) is 142 Å². The number of rotatable bonds is 28. The van der Waals surface area contributed by atoms with Gasteiger partial charge in [-0.1, -0.05) is 35.1 Å². The van der Waals surface area contributed by atoms with Gasteiger partial charge in [-0.25, -0.2) is 62.0 Å². The number of anilines is 6. The number of nitrogens with two attached hydrogens (primary N) is 2. The van der Waals surface area contributed by atoms with E-state index >= 15 is 0 Å². The third-order valence-corrected chi connectivity index (χ3v) is 23.9. The number of benzene rings is 8. The number of aryl methyl sites for hydroxylation is 5. The van der Waals surface area contributed by atoms with Gasteiger partial charge in [0.15, 0.2) is 33.6 Å². The number of ether oxygens (including phenoxy) is 8. The first kappa shape index (κ1) is 113. The third kappa shape index (κ3) is 28.8. The van der Waals surface area contributed by atoms with E-state index in [1.807, 2.05) is 194 Å². The number of H-pyrrole nitrogens is 1. The van der Waals surface area contributed by atoms with E-state index in [-0.39, 0.29) is 45.6 Å². The summed E-state index contributed by atoms with van der Waals surface area (Å²) in [5, 5.41) is 71.2. The van der Waals surface area contributed by atoms with Crippen LogP contribution in [0, 0.1) is 76.6 Å². The maximum Gasteiger partial charge on any atom is 0.307 e. The average Bonchev–Trinajstić information content (AvgIpc) is 1.60. The second-order valence-electron chi connectivity index (χ2n) is 32.4. The van der Waals surface area contributed by atoms with Crippen molar-refractivity contribution in [2.45, 2.75) is 50.1 Å². The standard InChI is InChI=1S/C25H30N8O4.C20H17FN6O4.C14H14N4O3S.C14H14N4OS.C9H10N2O.C7H7FN2O3.C5H5ClN2S.C4H12N2/c1-16-18-8-7-17(36-5)13-20(18)32(29-16)24-9-10-26-25(28-24)27-19-14-22(33(34)35)21(15-23(19)37-6)31(4)12-11-30(2)3;1-11-13-5-4-12(30-2)8-16(13)26(25-11)19-6-7-22-20(24-19)23-15-10-17(27(28)29)14(21)9-18(15)31-3;1-9-11-5-4-10(21-2)8-12(11)18(17-9)13-6-7-15-14(16-13)22(3,19)20;1-9-11-5-4-10(19-2)8-12(11)18(17-9)13-6-7-15-14(16-13)20-3;1-6-8-4-3-7(12-2)5-9(8)11-10-6;1-13-7-2-4(8)6(10(11)12)3-5(7)9;1-9-5-7-3-2-4(6)8-5;1-6(2)4-3-5/h7-10,13-15H,11-12H2,1-6H3,(H,26,27,28);4-10H,1-3H3,(H,22,23,24);4-8H,1-3H3;4-8H,1-3H3;3-5H,1-2H3,(H,10,11);2-3H,9H2,1H3;2-3H,1H3;3-5H2,1-2H3. The van der Waals surface area contributed by atoms with Crippen LogP contribution in [-0.2, 0) is 9.84 Å². The zero-order chi connectivity index (χ0) is 109. The summed E-state index contributed by atoms with van der Waals surface area (Å²) in [5.41, 5.74) is 19.0. The minimum atomic E-state index is -3.48. The SMILES string of the molecule is CN(C)CCN.COc1cc(F)c([N+](=O)[O-])cc1N.COc1ccc2c(C)[nH]nc2c1.COc1ccc2c(C)nn(-c3ccnc(Nc4cc([N+](=O)[O-])c(F)cc4OC)n3)c2c1.COc1ccc2c(C)nn(-c3ccnc(Nc4cc([N+](=O)[O-])c(N(C)CCN(C)C)cc4OC)n3)c2c1.COc1ccc2c(C)nn(-c3ccnc(S(C)(=O)=O)n3)c2c1.COc1ccc2c(C)nn(-c3ccnc(SC)n3)c2c1.CSc1nccc(Cl)n1. The summed E-state index contributed by atoms with van der Waals surface area (Å²) in [4.78, 5) is 79.0. The van der Waals surface area contributed by atoms with Crippen molar-refractivity contribution in [3.63, 3.8) is 0 Å². The summed E-state index contributed by atoms with van der Waals surface area (Å²) in [6, 6.07) is 44.1. The number of nitrogens with one attached hydrogen (secondary N) is 3. The number of fused-ring (bicyclic) bond motifs is 5. The number of methoxy groups -OCH3 is 8. The van der Waals surface area contributed by atoms with Gasteiger partial charge in [0.2, 0.25) is 38.5 Å². The molecule has 18 aromatic rings. The maximum absolute atomic E-state index is 13.9. The lowest BCUT2D eigenvalue weighted by molar-refractivity contribution is -0.387. The molecule has 46 nitrogen and oxygen atoms in total. The van der Waals surface area contributed by atoms with Crippen LogP contribution < -0.4 is 64.9 Å².